The van der Waals surface area contributed by atoms with E-state index < -0.39 is 0 Å². The van der Waals surface area contributed by atoms with Crippen LogP contribution in [-0.2, 0) is 11.2 Å². The molecule has 0 saturated carbocycles. The summed E-state index contributed by atoms with van der Waals surface area (Å²) >= 11 is 0. The number of hydrogen-bond donors (Lipinski definition) is 1. The predicted molar refractivity (Wildman–Crippen MR) is 94.2 cm³/mol. The monoisotopic (exact) mass is 340 g/mol. The molecule has 0 bridgehead atoms. The molecule has 1 aliphatic rings. The van der Waals surface area contributed by atoms with Crippen LogP contribution in [0.4, 0.5) is 0 Å². The van der Waals surface area contributed by atoms with Gasteiger partial charge >= 0.3 is 0 Å². The minimum absolute atomic E-state index is 0.0758. The van der Waals surface area contributed by atoms with Crippen LogP contribution in [0.2, 0.25) is 0 Å². The Kier molecular flexibility index (Phi) is 4.88. The molecule has 0 saturated heterocycles. The summed E-state index contributed by atoms with van der Waals surface area (Å²) in [5, 5.41) is 15.3. The van der Waals surface area contributed by atoms with Crippen molar-refractivity contribution in [1.82, 2.24) is 5.01 Å². The van der Waals surface area contributed by atoms with Gasteiger partial charge in [0.25, 0.3) is 0 Å². The van der Waals surface area contributed by atoms with Crippen LogP contribution in [-0.4, -0.2) is 42.5 Å². The number of methoxy groups -OCH3 is 2. The van der Waals surface area contributed by atoms with Crippen molar-refractivity contribution in [2.24, 2.45) is 5.10 Å². The number of benzene rings is 2. The Balaban J connectivity index is 1.75. The molecule has 1 amide bonds. The fourth-order valence-electron chi connectivity index (χ4n) is 2.74. The van der Waals surface area contributed by atoms with Gasteiger partial charge in [0.05, 0.1) is 32.9 Å². The van der Waals surface area contributed by atoms with Crippen molar-refractivity contribution in [2.45, 2.75) is 12.8 Å². The second-order valence-electron chi connectivity index (χ2n) is 5.72. The number of aromatic hydroxyl groups is 1. The van der Waals surface area contributed by atoms with Gasteiger partial charge in [-0.05, 0) is 29.8 Å². The molecule has 2 aromatic rings. The van der Waals surface area contributed by atoms with E-state index in [-0.39, 0.29) is 18.1 Å². The molecule has 2 aromatic carbocycles. The molecule has 3 rings (SSSR count). The Morgan fingerprint density at radius 3 is 2.60 bits per heavy atom. The van der Waals surface area contributed by atoms with Crippen LogP contribution in [0.1, 0.15) is 17.5 Å². The molecule has 25 heavy (non-hydrogen) atoms. The molecule has 6 nitrogen and oxygen atoms in total. The summed E-state index contributed by atoms with van der Waals surface area (Å²) in [4.78, 5) is 12.4. The second kappa shape index (κ2) is 7.25. The average Bonchev–Trinajstić information content (AvgIpc) is 3.13. The smallest absolute Gasteiger partial charge is 0.247 e. The summed E-state index contributed by atoms with van der Waals surface area (Å²) in [6.45, 7) is 0.543. The number of phenols is 1. The number of phenolic OH excluding ortho intramolecular Hbond substituents is 1. The number of carbonyl (C=O) groups is 1. The van der Waals surface area contributed by atoms with Gasteiger partial charge in [-0.15, -0.1) is 0 Å². The van der Waals surface area contributed by atoms with Crippen molar-refractivity contribution < 1.29 is 19.4 Å². The predicted octanol–water partition coefficient (Wildman–Crippen LogP) is 2.59. The molecule has 0 fully saturated rings. The highest BCUT2D eigenvalue weighted by molar-refractivity contribution is 6.05. The first-order valence-corrected chi connectivity index (χ1v) is 7.99. The number of amides is 1. The van der Waals surface area contributed by atoms with E-state index in [9.17, 15) is 9.90 Å². The third-order valence-corrected chi connectivity index (χ3v) is 4.10. The molecule has 0 spiro atoms. The maximum atomic E-state index is 12.4. The molecule has 1 N–H and O–H groups in total. The first-order chi connectivity index (χ1) is 12.1. The van der Waals surface area contributed by atoms with Crippen LogP contribution in [0.25, 0.3) is 0 Å². The van der Waals surface area contributed by atoms with Crippen LogP contribution >= 0.6 is 0 Å². The highest BCUT2D eigenvalue weighted by Crippen LogP contribution is 2.28. The zero-order chi connectivity index (χ0) is 17.8. The molecule has 0 atom stereocenters. The van der Waals surface area contributed by atoms with Crippen molar-refractivity contribution in [3.8, 4) is 17.2 Å². The number of rotatable bonds is 5. The van der Waals surface area contributed by atoms with Crippen LogP contribution in [0.3, 0.4) is 0 Å². The van der Waals surface area contributed by atoms with Gasteiger partial charge in [-0.3, -0.25) is 4.79 Å². The largest absolute Gasteiger partial charge is 0.508 e. The minimum atomic E-state index is -0.0758. The van der Waals surface area contributed by atoms with E-state index in [1.54, 1.807) is 44.6 Å². The average molecular weight is 340 g/mol. The van der Waals surface area contributed by atoms with Gasteiger partial charge < -0.3 is 14.6 Å². The second-order valence-corrected chi connectivity index (χ2v) is 5.72. The molecule has 1 aliphatic heterocycles. The Hall–Kier alpha value is -3.02. The lowest BCUT2D eigenvalue weighted by atomic mass is 10.1. The third-order valence-electron chi connectivity index (χ3n) is 4.10. The molecule has 0 unspecified atom stereocenters. The molecule has 0 aliphatic carbocycles. The quantitative estimate of drug-likeness (QED) is 0.908. The zero-order valence-corrected chi connectivity index (χ0v) is 14.2. The first kappa shape index (κ1) is 16.8. The SMILES string of the molecule is COc1ccc(C2=NN(C(=O)Cc3ccc(O)cc3)CC2)c(OC)c1. The normalized spacial score (nSPS) is 13.5. The number of carbonyl (C=O) groups excluding carboxylic acids is 1. The van der Waals surface area contributed by atoms with Crippen molar-refractivity contribution in [3.63, 3.8) is 0 Å². The number of nitrogens with zero attached hydrogens (tertiary/aromatic N) is 2. The van der Waals surface area contributed by atoms with Crippen LogP contribution in [0, 0.1) is 0 Å². The lowest BCUT2D eigenvalue weighted by Gasteiger charge is -2.11. The lowest BCUT2D eigenvalue weighted by Crippen LogP contribution is -2.25. The van der Waals surface area contributed by atoms with Crippen LogP contribution in [0.15, 0.2) is 47.6 Å². The van der Waals surface area contributed by atoms with Gasteiger partial charge in [0, 0.05) is 18.1 Å². The van der Waals surface area contributed by atoms with Gasteiger partial charge in [0.1, 0.15) is 17.2 Å². The fraction of sp³-hybridized carbons (Fsp3) is 0.263. The van der Waals surface area contributed by atoms with Gasteiger partial charge in [0.2, 0.25) is 5.91 Å². The van der Waals surface area contributed by atoms with E-state index in [0.29, 0.717) is 24.5 Å². The van der Waals surface area contributed by atoms with E-state index in [1.165, 1.54) is 5.01 Å². The summed E-state index contributed by atoms with van der Waals surface area (Å²) in [6.07, 6.45) is 0.917. The number of ether oxygens (including phenoxy) is 2. The summed E-state index contributed by atoms with van der Waals surface area (Å²) in [5.74, 6) is 1.49. The summed E-state index contributed by atoms with van der Waals surface area (Å²) in [6, 6.07) is 12.2. The number of hydrazone groups is 1. The van der Waals surface area contributed by atoms with Crippen molar-refractivity contribution in [1.29, 1.82) is 0 Å². The van der Waals surface area contributed by atoms with Crippen molar-refractivity contribution >= 4 is 11.6 Å². The maximum Gasteiger partial charge on any atom is 0.247 e. The molecule has 6 heteroatoms. The van der Waals surface area contributed by atoms with Gasteiger partial charge in [-0.25, -0.2) is 5.01 Å². The van der Waals surface area contributed by atoms with E-state index in [0.717, 1.165) is 16.8 Å². The van der Waals surface area contributed by atoms with Gasteiger partial charge in [0.15, 0.2) is 0 Å². The Bertz CT molecular complexity index is 800. The van der Waals surface area contributed by atoms with Gasteiger partial charge in [-0.2, -0.15) is 5.10 Å². The Morgan fingerprint density at radius 1 is 1.16 bits per heavy atom. The Morgan fingerprint density at radius 2 is 1.92 bits per heavy atom. The highest BCUT2D eigenvalue weighted by Gasteiger charge is 2.23. The van der Waals surface area contributed by atoms with E-state index >= 15 is 0 Å². The minimum Gasteiger partial charge on any atom is -0.508 e. The Labute approximate surface area is 146 Å². The highest BCUT2D eigenvalue weighted by atomic mass is 16.5. The standard InChI is InChI=1S/C19H20N2O4/c1-24-15-7-8-16(18(12-15)25-2)17-9-10-21(20-17)19(23)11-13-3-5-14(22)6-4-13/h3-8,12,22H,9-11H2,1-2H3. The molecule has 0 radical (unpaired) electrons. The number of hydrogen-bond acceptors (Lipinski definition) is 5. The van der Waals surface area contributed by atoms with E-state index in [1.807, 2.05) is 12.1 Å². The summed E-state index contributed by atoms with van der Waals surface area (Å²) in [7, 11) is 3.20. The lowest BCUT2D eigenvalue weighted by molar-refractivity contribution is -0.130. The molecule has 1 heterocycles. The maximum absolute atomic E-state index is 12.4. The topological polar surface area (TPSA) is 71.4 Å². The molecular weight excluding hydrogens is 320 g/mol. The van der Waals surface area contributed by atoms with E-state index in [4.69, 9.17) is 9.47 Å². The molecular formula is C19H20N2O4. The fourth-order valence-corrected chi connectivity index (χ4v) is 2.74. The molecule has 0 aromatic heterocycles. The van der Waals surface area contributed by atoms with Gasteiger partial charge in [-0.1, -0.05) is 12.1 Å². The first-order valence-electron chi connectivity index (χ1n) is 7.99. The van der Waals surface area contributed by atoms with Crippen LogP contribution < -0.4 is 9.47 Å². The van der Waals surface area contributed by atoms with E-state index in [2.05, 4.69) is 5.10 Å². The van der Waals surface area contributed by atoms with Crippen molar-refractivity contribution in [3.05, 3.63) is 53.6 Å². The summed E-state index contributed by atoms with van der Waals surface area (Å²) < 4.78 is 10.6. The van der Waals surface area contributed by atoms with Crippen molar-refractivity contribution in [2.75, 3.05) is 20.8 Å². The zero-order valence-electron chi connectivity index (χ0n) is 14.2. The summed E-state index contributed by atoms with van der Waals surface area (Å²) in [5.41, 5.74) is 2.52. The third kappa shape index (κ3) is 3.74. The van der Waals surface area contributed by atoms with Crippen LogP contribution in [0.5, 0.6) is 17.2 Å². The molecule has 130 valence electrons.